The molecule has 1 saturated heterocycles. The summed E-state index contributed by atoms with van der Waals surface area (Å²) in [7, 11) is 0. The Hall–Kier alpha value is -3.60. The van der Waals surface area contributed by atoms with Crippen LogP contribution in [0.3, 0.4) is 0 Å². The number of carbonyl (C=O) groups is 1. The van der Waals surface area contributed by atoms with Gasteiger partial charge in [0.1, 0.15) is 17.3 Å². The largest absolute Gasteiger partial charge is 0.454 e. The van der Waals surface area contributed by atoms with Crippen molar-refractivity contribution in [2.24, 2.45) is 4.99 Å². The molecule has 2 aliphatic rings. The normalized spacial score (nSPS) is 16.4. The highest BCUT2D eigenvalue weighted by Gasteiger charge is 2.29. The van der Waals surface area contributed by atoms with Crippen molar-refractivity contribution in [1.29, 1.82) is 0 Å². The van der Waals surface area contributed by atoms with Crippen LogP contribution in [0.15, 0.2) is 77.8 Å². The van der Waals surface area contributed by atoms with Gasteiger partial charge in [0.05, 0.1) is 11.5 Å². The van der Waals surface area contributed by atoms with Crippen molar-refractivity contribution in [3.05, 3.63) is 89.5 Å². The molecule has 0 radical (unpaired) electrons. The van der Waals surface area contributed by atoms with Gasteiger partial charge in [-0.3, -0.25) is 4.79 Å². The Balaban J connectivity index is 1.42. The maximum Gasteiger partial charge on any atom is 0.230 e. The van der Waals surface area contributed by atoms with Crippen LogP contribution in [0, 0.1) is 6.92 Å². The number of hydrogen-bond donors (Lipinski definition) is 0. The Morgan fingerprint density at radius 3 is 2.56 bits per heavy atom. The van der Waals surface area contributed by atoms with E-state index in [4.69, 9.17) is 9.73 Å². The summed E-state index contributed by atoms with van der Waals surface area (Å²) >= 11 is 0. The Kier molecular flexibility index (Phi) is 6.35. The Labute approximate surface area is 201 Å². The Morgan fingerprint density at radius 2 is 1.74 bits per heavy atom. The van der Waals surface area contributed by atoms with E-state index in [1.807, 2.05) is 53.4 Å². The quantitative estimate of drug-likeness (QED) is 0.495. The fraction of sp³-hybridized carbons (Fsp3) is 0.310. The monoisotopic (exact) mass is 453 g/mol. The number of amides is 1. The van der Waals surface area contributed by atoms with E-state index >= 15 is 0 Å². The van der Waals surface area contributed by atoms with Crippen molar-refractivity contribution in [1.82, 2.24) is 9.80 Å². The standard InChI is InChI=1S/C29H31N3O2/c1-3-23(22-10-5-4-6-11-22)29(33)32-17-9-16-31(18-19-32)28-24-20-21(2)14-15-26(24)34-27-13-8-7-12-25(27)30-28/h4-8,10-15,20,23H,3,9,16-19H2,1-2H3/t23-/m0/s1. The van der Waals surface area contributed by atoms with E-state index in [2.05, 4.69) is 43.0 Å². The highest BCUT2D eigenvalue weighted by Crippen LogP contribution is 2.38. The molecule has 0 aliphatic carbocycles. The fourth-order valence-electron chi connectivity index (χ4n) is 4.89. The van der Waals surface area contributed by atoms with Crippen molar-refractivity contribution in [2.45, 2.75) is 32.6 Å². The lowest BCUT2D eigenvalue weighted by atomic mass is 9.95. The van der Waals surface area contributed by atoms with Gasteiger partial charge in [-0.2, -0.15) is 0 Å². The molecule has 2 aliphatic heterocycles. The summed E-state index contributed by atoms with van der Waals surface area (Å²) in [6, 6.07) is 24.3. The maximum atomic E-state index is 13.5. The molecule has 174 valence electrons. The van der Waals surface area contributed by atoms with Crippen LogP contribution in [0.4, 0.5) is 5.69 Å². The van der Waals surface area contributed by atoms with E-state index in [-0.39, 0.29) is 11.8 Å². The number of carbonyl (C=O) groups excluding carboxylic acids is 1. The molecule has 0 N–H and O–H groups in total. The van der Waals surface area contributed by atoms with Crippen molar-refractivity contribution in [3.63, 3.8) is 0 Å². The predicted octanol–water partition coefficient (Wildman–Crippen LogP) is 5.91. The van der Waals surface area contributed by atoms with Crippen LogP contribution in [0.2, 0.25) is 0 Å². The second-order valence-electron chi connectivity index (χ2n) is 9.04. The number of fused-ring (bicyclic) bond motifs is 2. The second-order valence-corrected chi connectivity index (χ2v) is 9.04. The minimum atomic E-state index is -0.0911. The van der Waals surface area contributed by atoms with E-state index in [1.54, 1.807) is 0 Å². The Morgan fingerprint density at radius 1 is 0.941 bits per heavy atom. The minimum Gasteiger partial charge on any atom is -0.454 e. The van der Waals surface area contributed by atoms with Crippen LogP contribution in [0.1, 0.15) is 42.4 Å². The number of aliphatic imine (C=N–C) groups is 1. The van der Waals surface area contributed by atoms with Crippen LogP contribution in [-0.4, -0.2) is 47.7 Å². The van der Waals surface area contributed by atoms with Gasteiger partial charge in [0.15, 0.2) is 5.75 Å². The van der Waals surface area contributed by atoms with Crippen molar-refractivity contribution in [2.75, 3.05) is 26.2 Å². The van der Waals surface area contributed by atoms with Crippen molar-refractivity contribution >= 4 is 17.4 Å². The fourth-order valence-corrected chi connectivity index (χ4v) is 4.89. The Bertz CT molecular complexity index is 1210. The first-order valence-corrected chi connectivity index (χ1v) is 12.2. The summed E-state index contributed by atoms with van der Waals surface area (Å²) in [6.07, 6.45) is 1.70. The third-order valence-corrected chi connectivity index (χ3v) is 6.70. The maximum absolute atomic E-state index is 13.5. The molecule has 1 fully saturated rings. The number of nitrogens with zero attached hydrogens (tertiary/aromatic N) is 3. The first-order chi connectivity index (χ1) is 16.6. The van der Waals surface area contributed by atoms with Gasteiger partial charge in [-0.1, -0.05) is 61.0 Å². The van der Waals surface area contributed by atoms with E-state index in [1.165, 1.54) is 5.56 Å². The summed E-state index contributed by atoms with van der Waals surface area (Å²) in [6.45, 7) is 7.22. The van der Waals surface area contributed by atoms with Crippen LogP contribution in [0.5, 0.6) is 11.5 Å². The molecular formula is C29H31N3O2. The lowest BCUT2D eigenvalue weighted by Gasteiger charge is -2.27. The average molecular weight is 454 g/mol. The zero-order valence-corrected chi connectivity index (χ0v) is 19.9. The molecule has 3 aromatic carbocycles. The smallest absolute Gasteiger partial charge is 0.230 e. The van der Waals surface area contributed by atoms with Gasteiger partial charge < -0.3 is 14.5 Å². The van der Waals surface area contributed by atoms with Gasteiger partial charge in [0.25, 0.3) is 0 Å². The van der Waals surface area contributed by atoms with Gasteiger partial charge in [-0.05, 0) is 49.6 Å². The van der Waals surface area contributed by atoms with Gasteiger partial charge >= 0.3 is 0 Å². The van der Waals surface area contributed by atoms with E-state index in [0.717, 1.165) is 66.6 Å². The zero-order chi connectivity index (χ0) is 23.5. The summed E-state index contributed by atoms with van der Waals surface area (Å²) in [5.41, 5.74) is 4.11. The van der Waals surface area contributed by atoms with Crippen LogP contribution in [0.25, 0.3) is 0 Å². The van der Waals surface area contributed by atoms with E-state index < -0.39 is 0 Å². The molecular weight excluding hydrogens is 422 g/mol. The third-order valence-electron chi connectivity index (χ3n) is 6.70. The summed E-state index contributed by atoms with van der Waals surface area (Å²) in [5, 5.41) is 0. The molecule has 34 heavy (non-hydrogen) atoms. The first kappa shape index (κ1) is 22.2. The molecule has 0 saturated carbocycles. The molecule has 1 atom stereocenters. The number of hydrogen-bond acceptors (Lipinski definition) is 4. The molecule has 0 aromatic heterocycles. The number of amidine groups is 1. The first-order valence-electron chi connectivity index (χ1n) is 12.2. The van der Waals surface area contributed by atoms with Crippen LogP contribution >= 0.6 is 0 Å². The molecule has 0 unspecified atom stereocenters. The van der Waals surface area contributed by atoms with Crippen LogP contribution in [-0.2, 0) is 4.79 Å². The minimum absolute atomic E-state index is 0.0911. The van der Waals surface area contributed by atoms with Gasteiger partial charge in [-0.15, -0.1) is 0 Å². The molecule has 5 rings (SSSR count). The van der Waals surface area contributed by atoms with Gasteiger partial charge in [0.2, 0.25) is 5.91 Å². The van der Waals surface area contributed by atoms with E-state index in [9.17, 15) is 4.79 Å². The highest BCUT2D eigenvalue weighted by atomic mass is 16.5. The number of rotatable bonds is 3. The lowest BCUT2D eigenvalue weighted by molar-refractivity contribution is -0.132. The van der Waals surface area contributed by atoms with Crippen molar-refractivity contribution in [3.8, 4) is 11.5 Å². The average Bonchev–Trinajstić information content (AvgIpc) is 3.20. The number of aryl methyl sites for hydroxylation is 1. The molecule has 5 heteroatoms. The van der Waals surface area contributed by atoms with Gasteiger partial charge in [-0.25, -0.2) is 4.99 Å². The molecule has 5 nitrogen and oxygen atoms in total. The summed E-state index contributed by atoms with van der Waals surface area (Å²) in [4.78, 5) is 22.9. The SMILES string of the molecule is CC[C@H](C(=O)N1CCCN(C2=Nc3ccccc3Oc3ccc(C)cc32)CC1)c1ccccc1. The highest BCUT2D eigenvalue weighted by molar-refractivity contribution is 6.04. The molecule has 3 aromatic rings. The number of ether oxygens (including phenoxy) is 1. The third kappa shape index (κ3) is 4.43. The van der Waals surface area contributed by atoms with Crippen molar-refractivity contribution < 1.29 is 9.53 Å². The summed E-state index contributed by atoms with van der Waals surface area (Å²) in [5.74, 6) is 2.65. The lowest BCUT2D eigenvalue weighted by Crippen LogP contribution is -2.39. The van der Waals surface area contributed by atoms with E-state index in [0.29, 0.717) is 6.54 Å². The van der Waals surface area contributed by atoms with Gasteiger partial charge in [0, 0.05) is 26.2 Å². The molecule has 0 bridgehead atoms. The molecule has 2 heterocycles. The molecule has 0 spiro atoms. The van der Waals surface area contributed by atoms with Crippen LogP contribution < -0.4 is 4.74 Å². The topological polar surface area (TPSA) is 45.1 Å². The summed E-state index contributed by atoms with van der Waals surface area (Å²) < 4.78 is 6.26. The molecule has 1 amide bonds. The number of para-hydroxylation sites is 2. The number of benzene rings is 3. The zero-order valence-electron chi connectivity index (χ0n) is 19.9. The second kappa shape index (κ2) is 9.72. The predicted molar refractivity (Wildman–Crippen MR) is 136 cm³/mol.